The predicted octanol–water partition coefficient (Wildman–Crippen LogP) is 17.8. The van der Waals surface area contributed by atoms with Crippen molar-refractivity contribution in [3.63, 3.8) is 0 Å². The van der Waals surface area contributed by atoms with Gasteiger partial charge in [0.15, 0.2) is 0 Å². The third-order valence-corrected chi connectivity index (χ3v) is 13.6. The maximum atomic E-state index is 2.48. The number of hydrogen-bond acceptors (Lipinski definition) is 1. The summed E-state index contributed by atoms with van der Waals surface area (Å²) in [4.78, 5) is 2.48. The largest absolute Gasteiger partial charge is 0.309 e. The lowest BCUT2D eigenvalue weighted by Crippen LogP contribution is -2.12. The quantitative estimate of drug-likeness (QED) is 0.138. The third-order valence-electron chi connectivity index (χ3n) is 13.6. The van der Waals surface area contributed by atoms with E-state index < -0.39 is 0 Å². The summed E-state index contributed by atoms with van der Waals surface area (Å²) >= 11 is 0. The molecule has 12 aromatic carbocycles. The van der Waals surface area contributed by atoms with E-state index in [0.717, 1.165) is 22.6 Å². The molecule has 13 rings (SSSR count). The Morgan fingerprint density at radius 1 is 0.273 bits per heavy atom. The summed E-state index contributed by atoms with van der Waals surface area (Å²) < 4.78 is 2.46. The third kappa shape index (κ3) is 6.11. The number of aromatic nitrogens is 1. The number of nitrogens with zero attached hydrogens (tertiary/aromatic N) is 2. The maximum Gasteiger partial charge on any atom is 0.0541 e. The summed E-state index contributed by atoms with van der Waals surface area (Å²) in [7, 11) is 0. The molecule has 2 heteroatoms. The Morgan fingerprint density at radius 3 is 1.47 bits per heavy atom. The molecular formula is C64H42N2. The van der Waals surface area contributed by atoms with Gasteiger partial charge < -0.3 is 9.47 Å². The van der Waals surface area contributed by atoms with Crippen LogP contribution < -0.4 is 4.90 Å². The van der Waals surface area contributed by atoms with Gasteiger partial charge in [-0.3, -0.25) is 0 Å². The molecule has 0 fully saturated rings. The van der Waals surface area contributed by atoms with Crippen LogP contribution in [0.5, 0.6) is 0 Å². The van der Waals surface area contributed by atoms with E-state index in [0.29, 0.717) is 0 Å². The summed E-state index contributed by atoms with van der Waals surface area (Å²) in [5.74, 6) is 0. The number of fused-ring (bicyclic) bond motifs is 3. The minimum absolute atomic E-state index is 1.09. The Balaban J connectivity index is 1.04. The highest BCUT2D eigenvalue weighted by molar-refractivity contribution is 6.27. The maximum absolute atomic E-state index is 2.48. The first-order valence-electron chi connectivity index (χ1n) is 22.8. The van der Waals surface area contributed by atoms with Gasteiger partial charge in [0.2, 0.25) is 0 Å². The molecule has 0 radical (unpaired) electrons. The fourth-order valence-electron chi connectivity index (χ4n) is 10.6. The smallest absolute Gasteiger partial charge is 0.0541 e. The molecule has 66 heavy (non-hydrogen) atoms. The average molecular weight is 839 g/mol. The summed E-state index contributed by atoms with van der Waals surface area (Å²) in [6.45, 7) is 0. The molecular weight excluding hydrogens is 797 g/mol. The van der Waals surface area contributed by atoms with Crippen LogP contribution in [0.15, 0.2) is 255 Å². The molecule has 0 amide bonds. The van der Waals surface area contributed by atoms with Gasteiger partial charge in [0.1, 0.15) is 0 Å². The molecule has 0 aliphatic heterocycles. The van der Waals surface area contributed by atoms with E-state index in [9.17, 15) is 0 Å². The van der Waals surface area contributed by atoms with Crippen LogP contribution in [-0.2, 0) is 0 Å². The molecule has 1 aromatic heterocycles. The number of rotatable bonds is 8. The molecule has 0 N–H and O–H groups in total. The van der Waals surface area contributed by atoms with Crippen LogP contribution in [0.3, 0.4) is 0 Å². The summed E-state index contributed by atoms with van der Waals surface area (Å²) in [6.07, 6.45) is 0. The summed E-state index contributed by atoms with van der Waals surface area (Å²) in [5.41, 5.74) is 16.5. The average Bonchev–Trinajstić information content (AvgIpc) is 3.73. The number of anilines is 3. The second kappa shape index (κ2) is 15.5. The highest BCUT2D eigenvalue weighted by Crippen LogP contribution is 2.48. The summed E-state index contributed by atoms with van der Waals surface area (Å²) in [5, 5.41) is 9.98. The van der Waals surface area contributed by atoms with E-state index in [2.05, 4.69) is 264 Å². The van der Waals surface area contributed by atoms with E-state index in [1.54, 1.807) is 0 Å². The topological polar surface area (TPSA) is 8.17 Å². The fraction of sp³-hybridized carbons (Fsp3) is 0. The van der Waals surface area contributed by atoms with Crippen molar-refractivity contribution in [2.24, 2.45) is 0 Å². The Hall–Kier alpha value is -8.72. The molecule has 0 unspecified atom stereocenters. The van der Waals surface area contributed by atoms with Crippen molar-refractivity contribution in [1.82, 2.24) is 4.57 Å². The second-order valence-corrected chi connectivity index (χ2v) is 17.2. The van der Waals surface area contributed by atoms with Crippen LogP contribution >= 0.6 is 0 Å². The molecule has 0 saturated carbocycles. The molecule has 0 bridgehead atoms. The van der Waals surface area contributed by atoms with Crippen molar-refractivity contribution in [3.05, 3.63) is 255 Å². The van der Waals surface area contributed by atoms with Crippen LogP contribution in [0.25, 0.3) is 104 Å². The number of para-hydroxylation sites is 3. The molecule has 1 heterocycles. The molecule has 13 aromatic rings. The van der Waals surface area contributed by atoms with Gasteiger partial charge >= 0.3 is 0 Å². The predicted molar refractivity (Wildman–Crippen MR) is 281 cm³/mol. The van der Waals surface area contributed by atoms with Crippen LogP contribution in [0.1, 0.15) is 0 Å². The summed E-state index contributed by atoms with van der Waals surface area (Å²) in [6, 6.07) is 93.3. The van der Waals surface area contributed by atoms with E-state index in [4.69, 9.17) is 0 Å². The van der Waals surface area contributed by atoms with Gasteiger partial charge in [-0.05, 0) is 109 Å². The molecule has 2 nitrogen and oxygen atoms in total. The van der Waals surface area contributed by atoms with E-state index in [1.165, 1.54) is 98.8 Å². The van der Waals surface area contributed by atoms with Gasteiger partial charge in [0.25, 0.3) is 0 Å². The van der Waals surface area contributed by atoms with Crippen LogP contribution in [0.4, 0.5) is 17.1 Å². The van der Waals surface area contributed by atoms with Gasteiger partial charge in [0, 0.05) is 32.8 Å². The lowest BCUT2D eigenvalue weighted by atomic mass is 9.91. The second-order valence-electron chi connectivity index (χ2n) is 17.2. The van der Waals surface area contributed by atoms with Crippen molar-refractivity contribution in [2.75, 3.05) is 4.90 Å². The van der Waals surface area contributed by atoms with Gasteiger partial charge in [-0.1, -0.05) is 206 Å². The monoisotopic (exact) mass is 838 g/mol. The van der Waals surface area contributed by atoms with E-state index >= 15 is 0 Å². The molecule has 0 atom stereocenters. The van der Waals surface area contributed by atoms with E-state index in [-0.39, 0.29) is 0 Å². The van der Waals surface area contributed by atoms with Crippen molar-refractivity contribution in [2.45, 2.75) is 0 Å². The first kappa shape index (κ1) is 37.8. The lowest BCUT2D eigenvalue weighted by Gasteiger charge is -2.30. The highest BCUT2D eigenvalue weighted by Gasteiger charge is 2.23. The Bertz CT molecular complexity index is 3870. The van der Waals surface area contributed by atoms with Crippen LogP contribution in [0.2, 0.25) is 0 Å². The SMILES string of the molecule is c1ccc(-c2cccc(-c3ccccc3N(c3ccc(-c4ccccc4-c4ccccc4)cc3)c3ccc4ccc5c(-n6c7ccccc7c7ccccc76)ccc6ccc3c4c65)c2)cc1. The van der Waals surface area contributed by atoms with Crippen molar-refractivity contribution >= 4 is 71.2 Å². The molecule has 0 aliphatic rings. The number of hydrogen-bond donors (Lipinski definition) is 0. The van der Waals surface area contributed by atoms with Crippen molar-refractivity contribution in [1.29, 1.82) is 0 Å². The minimum atomic E-state index is 1.09. The molecule has 308 valence electrons. The zero-order chi connectivity index (χ0) is 43.6. The first-order chi connectivity index (χ1) is 32.8. The molecule has 0 saturated heterocycles. The van der Waals surface area contributed by atoms with Gasteiger partial charge in [0.05, 0.1) is 28.1 Å². The van der Waals surface area contributed by atoms with Gasteiger partial charge in [-0.25, -0.2) is 0 Å². The Morgan fingerprint density at radius 2 is 0.773 bits per heavy atom. The normalized spacial score (nSPS) is 11.6. The van der Waals surface area contributed by atoms with Gasteiger partial charge in [-0.2, -0.15) is 0 Å². The Kier molecular flexibility index (Phi) is 8.89. The Labute approximate surface area is 383 Å². The molecule has 0 spiro atoms. The fourth-order valence-corrected chi connectivity index (χ4v) is 10.6. The van der Waals surface area contributed by atoms with Crippen LogP contribution in [-0.4, -0.2) is 4.57 Å². The number of benzene rings is 12. The first-order valence-corrected chi connectivity index (χ1v) is 22.8. The van der Waals surface area contributed by atoms with Gasteiger partial charge in [-0.15, -0.1) is 0 Å². The molecule has 0 aliphatic carbocycles. The van der Waals surface area contributed by atoms with Crippen molar-refractivity contribution < 1.29 is 0 Å². The standard InChI is InChI=1S/C64H42N2/c1-3-16-43(17-4-1)48-20-15-21-49(42-48)53-24-9-12-27-58(53)65(50-36-30-45(31-37-50)52-23-8-7-22-51(52)44-18-5-2-6-19-44)61-40-34-46-33-39-57-62(41-35-47-32-38-56(61)63(46)64(47)57)66-59-28-13-10-25-54(59)55-26-11-14-29-60(55)66/h1-42H. The van der Waals surface area contributed by atoms with Crippen LogP contribution in [0, 0.1) is 0 Å². The van der Waals surface area contributed by atoms with E-state index in [1.807, 2.05) is 0 Å². The lowest BCUT2D eigenvalue weighted by molar-refractivity contribution is 1.20. The minimum Gasteiger partial charge on any atom is -0.309 e. The van der Waals surface area contributed by atoms with Crippen molar-refractivity contribution in [3.8, 4) is 50.2 Å². The zero-order valence-electron chi connectivity index (χ0n) is 36.1. The zero-order valence-corrected chi connectivity index (χ0v) is 36.1. The highest BCUT2D eigenvalue weighted by atomic mass is 15.1.